The standard InChI is InChI=1S/C20H16BrN5O2S/c21-17-7-6-16(29-17)20(28)24-11-19(27)23-10-13-5-8-18(22-9-13)26-12-25-14-3-1-2-4-15(14)26/h1-9,12H,10-11H2,(H,23,27)(H,24,28). The monoisotopic (exact) mass is 469 g/mol. The Kier molecular flexibility index (Phi) is 5.68. The number of rotatable bonds is 6. The first-order chi connectivity index (χ1) is 14.1. The Morgan fingerprint density at radius 1 is 1.03 bits per heavy atom. The highest BCUT2D eigenvalue weighted by atomic mass is 79.9. The Labute approximate surface area is 178 Å². The molecule has 0 spiro atoms. The fourth-order valence-corrected chi connectivity index (χ4v) is 4.06. The Hall–Kier alpha value is -3.04. The average molecular weight is 470 g/mol. The number of nitrogens with zero attached hydrogens (tertiary/aromatic N) is 3. The van der Waals surface area contributed by atoms with Crippen LogP contribution in [0.1, 0.15) is 15.2 Å². The number of thiophene rings is 1. The quantitative estimate of drug-likeness (QED) is 0.453. The van der Waals surface area contributed by atoms with Crippen molar-refractivity contribution in [1.29, 1.82) is 0 Å². The number of hydrogen-bond donors (Lipinski definition) is 2. The minimum atomic E-state index is -0.269. The van der Waals surface area contributed by atoms with Gasteiger partial charge in [-0.05, 0) is 51.8 Å². The lowest BCUT2D eigenvalue weighted by Crippen LogP contribution is -2.36. The topological polar surface area (TPSA) is 88.9 Å². The summed E-state index contributed by atoms with van der Waals surface area (Å²) in [5.41, 5.74) is 2.75. The van der Waals surface area contributed by atoms with Crippen molar-refractivity contribution < 1.29 is 9.59 Å². The molecule has 9 heteroatoms. The van der Waals surface area contributed by atoms with Gasteiger partial charge in [0.15, 0.2) is 0 Å². The maximum absolute atomic E-state index is 12.0. The van der Waals surface area contributed by atoms with Crippen LogP contribution in [0.5, 0.6) is 0 Å². The van der Waals surface area contributed by atoms with Gasteiger partial charge in [0, 0.05) is 12.7 Å². The van der Waals surface area contributed by atoms with Crippen LogP contribution in [0.4, 0.5) is 0 Å². The molecule has 0 aliphatic heterocycles. The molecule has 4 aromatic rings. The number of halogens is 1. The number of hydrogen-bond acceptors (Lipinski definition) is 5. The third-order valence-electron chi connectivity index (χ3n) is 4.21. The molecule has 2 amide bonds. The summed E-state index contributed by atoms with van der Waals surface area (Å²) in [6, 6.07) is 15.1. The molecule has 29 heavy (non-hydrogen) atoms. The molecule has 3 heterocycles. The smallest absolute Gasteiger partial charge is 0.261 e. The van der Waals surface area contributed by atoms with Crippen molar-refractivity contribution in [2.24, 2.45) is 0 Å². The Morgan fingerprint density at radius 3 is 2.66 bits per heavy atom. The summed E-state index contributed by atoms with van der Waals surface area (Å²) in [4.78, 5) is 33.3. The minimum absolute atomic E-state index is 0.0824. The Bertz CT molecular complexity index is 1170. The van der Waals surface area contributed by atoms with Gasteiger partial charge in [0.2, 0.25) is 5.91 Å². The molecule has 0 fully saturated rings. The third kappa shape index (κ3) is 4.52. The predicted octanol–water partition coefficient (Wildman–Crippen LogP) is 3.29. The predicted molar refractivity (Wildman–Crippen MR) is 115 cm³/mol. The molecule has 4 rings (SSSR count). The number of fused-ring (bicyclic) bond motifs is 1. The molecule has 0 aliphatic rings. The van der Waals surface area contributed by atoms with E-state index in [-0.39, 0.29) is 18.4 Å². The van der Waals surface area contributed by atoms with E-state index in [9.17, 15) is 9.59 Å². The van der Waals surface area contributed by atoms with Crippen LogP contribution < -0.4 is 10.6 Å². The molecule has 0 unspecified atom stereocenters. The molecule has 0 saturated carbocycles. The van der Waals surface area contributed by atoms with E-state index in [2.05, 4.69) is 36.5 Å². The summed E-state index contributed by atoms with van der Waals surface area (Å²) >= 11 is 4.63. The van der Waals surface area contributed by atoms with E-state index in [0.717, 1.165) is 26.2 Å². The second-order valence-corrected chi connectivity index (χ2v) is 8.65. The molecular weight excluding hydrogens is 454 g/mol. The summed E-state index contributed by atoms with van der Waals surface area (Å²) < 4.78 is 2.78. The van der Waals surface area contributed by atoms with E-state index >= 15 is 0 Å². The molecule has 0 saturated heterocycles. The molecule has 0 aliphatic carbocycles. The molecule has 2 N–H and O–H groups in total. The summed E-state index contributed by atoms with van der Waals surface area (Å²) in [5, 5.41) is 5.38. The fourth-order valence-electron chi connectivity index (χ4n) is 2.75. The number of amides is 2. The van der Waals surface area contributed by atoms with Crippen LogP contribution in [0, 0.1) is 0 Å². The second kappa shape index (κ2) is 8.54. The fraction of sp³-hybridized carbons (Fsp3) is 0.100. The van der Waals surface area contributed by atoms with Crippen molar-refractivity contribution in [3.63, 3.8) is 0 Å². The van der Waals surface area contributed by atoms with Crippen LogP contribution in [0.15, 0.2) is 64.8 Å². The zero-order valence-corrected chi connectivity index (χ0v) is 17.5. The van der Waals surface area contributed by atoms with Gasteiger partial charge in [-0.25, -0.2) is 9.97 Å². The second-order valence-electron chi connectivity index (χ2n) is 6.19. The van der Waals surface area contributed by atoms with Gasteiger partial charge >= 0.3 is 0 Å². The molecule has 1 aromatic carbocycles. The number of pyridine rings is 1. The van der Waals surface area contributed by atoms with Gasteiger partial charge in [0.25, 0.3) is 5.91 Å². The van der Waals surface area contributed by atoms with Gasteiger partial charge in [0.1, 0.15) is 12.1 Å². The van der Waals surface area contributed by atoms with Crippen molar-refractivity contribution in [3.05, 3.63) is 75.3 Å². The lowest BCUT2D eigenvalue weighted by atomic mass is 10.2. The zero-order valence-electron chi connectivity index (χ0n) is 15.1. The van der Waals surface area contributed by atoms with Crippen molar-refractivity contribution >= 4 is 50.1 Å². The molecule has 0 bridgehead atoms. The van der Waals surface area contributed by atoms with E-state index in [1.165, 1.54) is 11.3 Å². The molecule has 0 radical (unpaired) electrons. The molecule has 0 atom stereocenters. The number of para-hydroxylation sites is 2. The van der Waals surface area contributed by atoms with E-state index in [4.69, 9.17) is 0 Å². The first kappa shape index (κ1) is 19.3. The molecular formula is C20H16BrN5O2S. The summed E-state index contributed by atoms with van der Waals surface area (Å²) in [7, 11) is 0. The van der Waals surface area contributed by atoms with Gasteiger partial charge in [-0.1, -0.05) is 18.2 Å². The van der Waals surface area contributed by atoms with E-state index < -0.39 is 0 Å². The van der Waals surface area contributed by atoms with E-state index in [1.54, 1.807) is 24.7 Å². The zero-order chi connectivity index (χ0) is 20.2. The van der Waals surface area contributed by atoms with Gasteiger partial charge in [-0.15, -0.1) is 11.3 Å². The number of imidazole rings is 1. The molecule has 146 valence electrons. The Balaban J connectivity index is 1.31. The van der Waals surface area contributed by atoms with Crippen LogP contribution in [-0.4, -0.2) is 32.9 Å². The van der Waals surface area contributed by atoms with Gasteiger partial charge in [-0.2, -0.15) is 0 Å². The van der Waals surface area contributed by atoms with Crippen LogP contribution in [0.25, 0.3) is 16.9 Å². The maximum atomic E-state index is 12.0. The van der Waals surface area contributed by atoms with Crippen LogP contribution in [0.2, 0.25) is 0 Å². The van der Waals surface area contributed by atoms with E-state index in [0.29, 0.717) is 11.4 Å². The minimum Gasteiger partial charge on any atom is -0.350 e. The summed E-state index contributed by atoms with van der Waals surface area (Å²) in [6.45, 7) is 0.248. The Morgan fingerprint density at radius 2 is 1.90 bits per heavy atom. The van der Waals surface area contributed by atoms with Crippen molar-refractivity contribution in [3.8, 4) is 5.82 Å². The van der Waals surface area contributed by atoms with Gasteiger partial charge < -0.3 is 10.6 Å². The van der Waals surface area contributed by atoms with Crippen LogP contribution in [-0.2, 0) is 11.3 Å². The highest BCUT2D eigenvalue weighted by Crippen LogP contribution is 2.21. The number of nitrogens with one attached hydrogen (secondary N) is 2. The van der Waals surface area contributed by atoms with Crippen molar-refractivity contribution in [1.82, 2.24) is 25.2 Å². The van der Waals surface area contributed by atoms with Crippen LogP contribution in [0.3, 0.4) is 0 Å². The lowest BCUT2D eigenvalue weighted by Gasteiger charge is -2.08. The highest BCUT2D eigenvalue weighted by molar-refractivity contribution is 9.11. The van der Waals surface area contributed by atoms with Crippen molar-refractivity contribution in [2.45, 2.75) is 6.54 Å². The van der Waals surface area contributed by atoms with Crippen LogP contribution >= 0.6 is 27.3 Å². The lowest BCUT2D eigenvalue weighted by molar-refractivity contribution is -0.120. The number of carbonyl (C=O) groups excluding carboxylic acids is 2. The average Bonchev–Trinajstić information content (AvgIpc) is 3.37. The number of benzene rings is 1. The first-order valence-corrected chi connectivity index (χ1v) is 10.4. The first-order valence-electron chi connectivity index (χ1n) is 8.78. The summed E-state index contributed by atoms with van der Waals surface area (Å²) in [5.74, 6) is 0.219. The van der Waals surface area contributed by atoms with Gasteiger partial charge in [-0.3, -0.25) is 14.2 Å². The third-order valence-corrected chi connectivity index (χ3v) is 5.83. The summed E-state index contributed by atoms with van der Waals surface area (Å²) in [6.07, 6.45) is 3.45. The number of aromatic nitrogens is 3. The maximum Gasteiger partial charge on any atom is 0.261 e. The van der Waals surface area contributed by atoms with Crippen molar-refractivity contribution in [2.75, 3.05) is 6.54 Å². The number of carbonyl (C=O) groups is 2. The largest absolute Gasteiger partial charge is 0.350 e. The highest BCUT2D eigenvalue weighted by Gasteiger charge is 2.10. The SMILES string of the molecule is O=C(CNC(=O)c1ccc(Br)s1)NCc1ccc(-n2cnc3ccccc32)nc1. The molecule has 3 aromatic heterocycles. The normalized spacial score (nSPS) is 10.8. The van der Waals surface area contributed by atoms with E-state index in [1.807, 2.05) is 41.0 Å². The van der Waals surface area contributed by atoms with Gasteiger partial charge in [0.05, 0.1) is 26.2 Å². The molecule has 7 nitrogen and oxygen atoms in total.